The number of alkyl carbamates (subject to hydrolysis) is 1. The van der Waals surface area contributed by atoms with Crippen LogP contribution >= 0.6 is 23.2 Å². The van der Waals surface area contributed by atoms with E-state index in [-0.39, 0.29) is 18.4 Å². The number of nitrogens with one attached hydrogen (secondary N) is 2. The zero-order valence-corrected chi connectivity index (χ0v) is 18.8. The van der Waals surface area contributed by atoms with Crippen molar-refractivity contribution in [2.75, 3.05) is 13.7 Å². The first-order valence-electron chi connectivity index (χ1n) is 9.22. The molecule has 1 aromatic carbocycles. The maximum atomic E-state index is 13.0. The SMILES string of the molecule is CCC(C)C(NC(=O)OC(C)(C)C)C(=O)NC(COC)c1ccc(Cl)cc1Cl. The fourth-order valence-corrected chi connectivity index (χ4v) is 3.10. The molecule has 0 saturated carbocycles. The summed E-state index contributed by atoms with van der Waals surface area (Å²) in [6.07, 6.45) is 0.0608. The van der Waals surface area contributed by atoms with Gasteiger partial charge in [-0.15, -0.1) is 0 Å². The third-order valence-corrected chi connectivity index (χ3v) is 4.72. The molecule has 0 aliphatic carbocycles. The Morgan fingerprint density at radius 2 is 1.82 bits per heavy atom. The van der Waals surface area contributed by atoms with Crippen LogP contribution in [-0.2, 0) is 14.3 Å². The van der Waals surface area contributed by atoms with Gasteiger partial charge in [0.05, 0.1) is 12.6 Å². The van der Waals surface area contributed by atoms with Gasteiger partial charge >= 0.3 is 6.09 Å². The van der Waals surface area contributed by atoms with Gasteiger partial charge in [0.15, 0.2) is 0 Å². The lowest BCUT2D eigenvalue weighted by Gasteiger charge is -2.28. The Balaban J connectivity index is 3.00. The summed E-state index contributed by atoms with van der Waals surface area (Å²) in [4.78, 5) is 25.2. The number of rotatable bonds is 8. The van der Waals surface area contributed by atoms with Crippen LogP contribution in [0.5, 0.6) is 0 Å². The first kappa shape index (κ1) is 24.5. The van der Waals surface area contributed by atoms with Gasteiger partial charge < -0.3 is 20.1 Å². The summed E-state index contributed by atoms with van der Waals surface area (Å²) in [6.45, 7) is 9.35. The third kappa shape index (κ3) is 7.86. The zero-order valence-electron chi connectivity index (χ0n) is 17.3. The van der Waals surface area contributed by atoms with Gasteiger partial charge in [0.25, 0.3) is 0 Å². The molecule has 0 heterocycles. The fraction of sp³-hybridized carbons (Fsp3) is 0.600. The van der Waals surface area contributed by atoms with Crippen LogP contribution in [-0.4, -0.2) is 37.4 Å². The summed E-state index contributed by atoms with van der Waals surface area (Å²) in [5.74, 6) is -0.440. The number of methoxy groups -OCH3 is 1. The van der Waals surface area contributed by atoms with Gasteiger partial charge in [-0.1, -0.05) is 49.5 Å². The molecule has 6 nitrogen and oxygen atoms in total. The largest absolute Gasteiger partial charge is 0.444 e. The first-order valence-corrected chi connectivity index (χ1v) is 9.97. The second kappa shape index (κ2) is 10.9. The van der Waals surface area contributed by atoms with Crippen LogP contribution in [0.4, 0.5) is 4.79 Å². The molecule has 1 rings (SSSR count). The van der Waals surface area contributed by atoms with E-state index >= 15 is 0 Å². The summed E-state index contributed by atoms with van der Waals surface area (Å²) in [5.41, 5.74) is 0.0251. The maximum Gasteiger partial charge on any atom is 0.408 e. The minimum Gasteiger partial charge on any atom is -0.444 e. The Bertz CT molecular complexity index is 677. The van der Waals surface area contributed by atoms with Gasteiger partial charge in [0.1, 0.15) is 11.6 Å². The molecule has 0 radical (unpaired) electrons. The first-order chi connectivity index (χ1) is 13.0. The summed E-state index contributed by atoms with van der Waals surface area (Å²) >= 11 is 12.2. The minimum absolute atomic E-state index is 0.101. The second-order valence-corrected chi connectivity index (χ2v) is 8.54. The quantitative estimate of drug-likeness (QED) is 0.621. The van der Waals surface area contributed by atoms with Gasteiger partial charge in [-0.05, 0) is 44.4 Å². The topological polar surface area (TPSA) is 76.7 Å². The van der Waals surface area contributed by atoms with Crippen molar-refractivity contribution in [1.29, 1.82) is 0 Å². The minimum atomic E-state index is -0.759. The molecule has 3 atom stereocenters. The normalized spacial score (nSPS) is 14.7. The van der Waals surface area contributed by atoms with Crippen molar-refractivity contribution in [3.8, 4) is 0 Å². The summed E-state index contributed by atoms with van der Waals surface area (Å²) in [6, 6.07) is 3.80. The Labute approximate surface area is 177 Å². The number of ether oxygens (including phenoxy) is 2. The molecule has 28 heavy (non-hydrogen) atoms. The van der Waals surface area contributed by atoms with E-state index in [1.54, 1.807) is 39.0 Å². The maximum absolute atomic E-state index is 13.0. The van der Waals surface area contributed by atoms with E-state index in [4.69, 9.17) is 32.7 Å². The van der Waals surface area contributed by atoms with Crippen LogP contribution in [0.25, 0.3) is 0 Å². The molecular formula is C20H30Cl2N2O4. The highest BCUT2D eigenvalue weighted by Crippen LogP contribution is 2.27. The highest BCUT2D eigenvalue weighted by atomic mass is 35.5. The predicted molar refractivity (Wildman–Crippen MR) is 112 cm³/mol. The second-order valence-electron chi connectivity index (χ2n) is 7.69. The van der Waals surface area contributed by atoms with Crippen molar-refractivity contribution in [3.63, 3.8) is 0 Å². The van der Waals surface area contributed by atoms with E-state index < -0.39 is 23.8 Å². The summed E-state index contributed by atoms with van der Waals surface area (Å²) in [5, 5.41) is 6.52. The Kier molecular flexibility index (Phi) is 9.54. The molecule has 0 aromatic heterocycles. The van der Waals surface area contributed by atoms with Crippen molar-refractivity contribution in [2.45, 2.75) is 58.7 Å². The van der Waals surface area contributed by atoms with Crippen LogP contribution in [0, 0.1) is 5.92 Å². The molecule has 8 heteroatoms. The van der Waals surface area contributed by atoms with Gasteiger partial charge in [-0.2, -0.15) is 0 Å². The molecule has 2 N–H and O–H groups in total. The molecule has 0 aliphatic rings. The molecular weight excluding hydrogens is 403 g/mol. The number of halogens is 2. The van der Waals surface area contributed by atoms with E-state index in [1.807, 2.05) is 13.8 Å². The highest BCUT2D eigenvalue weighted by Gasteiger charge is 2.30. The van der Waals surface area contributed by atoms with Gasteiger partial charge in [0, 0.05) is 17.2 Å². The van der Waals surface area contributed by atoms with Crippen molar-refractivity contribution in [3.05, 3.63) is 33.8 Å². The van der Waals surface area contributed by atoms with Crippen molar-refractivity contribution >= 4 is 35.2 Å². The fourth-order valence-electron chi connectivity index (χ4n) is 2.56. The van der Waals surface area contributed by atoms with Gasteiger partial charge in [0.2, 0.25) is 5.91 Å². The summed E-state index contributed by atoms with van der Waals surface area (Å²) < 4.78 is 10.5. The molecule has 0 bridgehead atoms. The monoisotopic (exact) mass is 432 g/mol. The third-order valence-electron chi connectivity index (χ3n) is 4.16. The lowest BCUT2D eigenvalue weighted by Crippen LogP contribution is -2.52. The van der Waals surface area contributed by atoms with Crippen molar-refractivity contribution < 1.29 is 19.1 Å². The van der Waals surface area contributed by atoms with Crippen LogP contribution < -0.4 is 10.6 Å². The van der Waals surface area contributed by atoms with Crippen LogP contribution in [0.1, 0.15) is 52.6 Å². The molecule has 158 valence electrons. The van der Waals surface area contributed by atoms with E-state index in [2.05, 4.69) is 10.6 Å². The Hall–Kier alpha value is -1.50. The number of hydrogen-bond donors (Lipinski definition) is 2. The van der Waals surface area contributed by atoms with E-state index in [9.17, 15) is 9.59 Å². The van der Waals surface area contributed by atoms with Gasteiger partial charge in [-0.3, -0.25) is 4.79 Å². The average Bonchev–Trinajstić information content (AvgIpc) is 2.57. The Morgan fingerprint density at radius 1 is 1.18 bits per heavy atom. The smallest absolute Gasteiger partial charge is 0.408 e. The summed E-state index contributed by atoms with van der Waals surface area (Å²) in [7, 11) is 1.54. The molecule has 1 aromatic rings. The van der Waals surface area contributed by atoms with Crippen molar-refractivity contribution in [1.82, 2.24) is 10.6 Å². The number of amides is 2. The van der Waals surface area contributed by atoms with Crippen LogP contribution in [0.3, 0.4) is 0 Å². The van der Waals surface area contributed by atoms with Crippen LogP contribution in [0.15, 0.2) is 18.2 Å². The number of carbonyl (C=O) groups excluding carboxylic acids is 2. The number of carbonyl (C=O) groups is 2. The van der Waals surface area contributed by atoms with Gasteiger partial charge in [-0.25, -0.2) is 4.79 Å². The Morgan fingerprint density at radius 3 is 2.32 bits per heavy atom. The van der Waals surface area contributed by atoms with Crippen molar-refractivity contribution in [2.24, 2.45) is 5.92 Å². The molecule has 0 saturated heterocycles. The number of hydrogen-bond acceptors (Lipinski definition) is 4. The lowest BCUT2D eigenvalue weighted by molar-refractivity contribution is -0.125. The van der Waals surface area contributed by atoms with E-state index in [1.165, 1.54) is 7.11 Å². The zero-order chi connectivity index (χ0) is 21.5. The number of benzene rings is 1. The average molecular weight is 433 g/mol. The molecule has 0 spiro atoms. The molecule has 0 aliphatic heterocycles. The predicted octanol–water partition coefficient (Wildman–Crippen LogP) is 4.74. The van der Waals surface area contributed by atoms with Crippen LogP contribution in [0.2, 0.25) is 10.0 Å². The molecule has 3 unspecified atom stereocenters. The molecule has 0 fully saturated rings. The van der Waals surface area contributed by atoms with E-state index in [0.717, 1.165) is 0 Å². The molecule has 2 amide bonds. The standard InChI is InChI=1S/C20H30Cl2N2O4/c1-7-12(2)17(24-19(26)28-20(3,4)5)18(25)23-16(11-27-6)14-9-8-13(21)10-15(14)22/h8-10,12,16-17H,7,11H2,1-6H3,(H,23,25)(H,24,26). The highest BCUT2D eigenvalue weighted by molar-refractivity contribution is 6.35. The van der Waals surface area contributed by atoms with E-state index in [0.29, 0.717) is 22.0 Å². The lowest BCUT2D eigenvalue weighted by atomic mass is 9.97.